The first-order valence-corrected chi connectivity index (χ1v) is 5.39. The van der Waals surface area contributed by atoms with Crippen LogP contribution in [0.1, 0.15) is 41.0 Å². The van der Waals surface area contributed by atoms with Crippen molar-refractivity contribution in [1.82, 2.24) is 5.32 Å². The molecule has 0 bridgehead atoms. The molecule has 1 fully saturated rings. The van der Waals surface area contributed by atoms with Gasteiger partial charge in [0.25, 0.3) is 0 Å². The van der Waals surface area contributed by atoms with Crippen molar-refractivity contribution in [3.8, 4) is 0 Å². The fraction of sp³-hybridized carbons (Fsp3) is 1.00. The molecule has 1 saturated heterocycles. The van der Waals surface area contributed by atoms with Gasteiger partial charge in [-0.25, -0.2) is 0 Å². The van der Waals surface area contributed by atoms with Gasteiger partial charge in [-0.05, 0) is 11.8 Å². The van der Waals surface area contributed by atoms with Crippen molar-refractivity contribution < 1.29 is 4.74 Å². The molecule has 0 aliphatic carbocycles. The predicted octanol–water partition coefficient (Wildman–Crippen LogP) is 2.44. The van der Waals surface area contributed by atoms with Gasteiger partial charge < -0.3 is 10.1 Å². The molecule has 1 aliphatic heterocycles. The molecular formula is C11H25NO. The standard InChI is InChI=1S/C9H19NO.C2H6/c1-9(2,3)6-8-7-11-5-4-10-8;1-2/h8,10H,4-7H2,1-3H3;1-2H3. The summed E-state index contributed by atoms with van der Waals surface area (Å²) in [5.74, 6) is 0. The molecule has 80 valence electrons. The van der Waals surface area contributed by atoms with Crippen LogP contribution in [0.5, 0.6) is 0 Å². The van der Waals surface area contributed by atoms with E-state index in [1.54, 1.807) is 0 Å². The lowest BCUT2D eigenvalue weighted by molar-refractivity contribution is 0.0628. The largest absolute Gasteiger partial charge is 0.379 e. The smallest absolute Gasteiger partial charge is 0.0620 e. The number of hydrogen-bond acceptors (Lipinski definition) is 2. The van der Waals surface area contributed by atoms with Crippen molar-refractivity contribution in [3.63, 3.8) is 0 Å². The third kappa shape index (κ3) is 7.03. The van der Waals surface area contributed by atoms with Crippen LogP contribution in [0.15, 0.2) is 0 Å². The van der Waals surface area contributed by atoms with Crippen molar-refractivity contribution in [3.05, 3.63) is 0 Å². The average Bonchev–Trinajstić information content (AvgIpc) is 2.07. The summed E-state index contributed by atoms with van der Waals surface area (Å²) in [5, 5.41) is 3.45. The molecule has 0 radical (unpaired) electrons. The molecule has 1 aliphatic rings. The number of hydrogen-bond donors (Lipinski definition) is 1. The van der Waals surface area contributed by atoms with E-state index in [1.807, 2.05) is 13.8 Å². The van der Waals surface area contributed by atoms with Crippen molar-refractivity contribution in [1.29, 1.82) is 0 Å². The summed E-state index contributed by atoms with van der Waals surface area (Å²) in [7, 11) is 0. The van der Waals surface area contributed by atoms with Gasteiger partial charge in [0.2, 0.25) is 0 Å². The maximum atomic E-state index is 5.37. The van der Waals surface area contributed by atoms with Crippen molar-refractivity contribution in [2.45, 2.75) is 47.1 Å². The Morgan fingerprint density at radius 1 is 1.31 bits per heavy atom. The van der Waals surface area contributed by atoms with Gasteiger partial charge in [0.15, 0.2) is 0 Å². The van der Waals surface area contributed by atoms with Crippen LogP contribution in [0, 0.1) is 5.41 Å². The zero-order chi connectivity index (χ0) is 10.3. The van der Waals surface area contributed by atoms with Gasteiger partial charge in [-0.1, -0.05) is 34.6 Å². The third-order valence-corrected chi connectivity index (χ3v) is 1.86. The van der Waals surface area contributed by atoms with Crippen LogP contribution in [0.25, 0.3) is 0 Å². The van der Waals surface area contributed by atoms with E-state index in [4.69, 9.17) is 4.74 Å². The van der Waals surface area contributed by atoms with E-state index in [9.17, 15) is 0 Å². The molecule has 2 nitrogen and oxygen atoms in total. The fourth-order valence-corrected chi connectivity index (χ4v) is 1.49. The first kappa shape index (κ1) is 12.9. The molecule has 0 aromatic rings. The van der Waals surface area contributed by atoms with E-state index in [2.05, 4.69) is 26.1 Å². The molecule has 13 heavy (non-hydrogen) atoms. The van der Waals surface area contributed by atoms with Crippen molar-refractivity contribution in [2.75, 3.05) is 19.8 Å². The Labute approximate surface area is 83.1 Å². The molecule has 0 aromatic carbocycles. The molecule has 1 heterocycles. The average molecular weight is 187 g/mol. The molecule has 1 unspecified atom stereocenters. The van der Waals surface area contributed by atoms with Gasteiger partial charge in [-0.3, -0.25) is 0 Å². The first-order valence-electron chi connectivity index (χ1n) is 5.39. The van der Waals surface area contributed by atoms with E-state index < -0.39 is 0 Å². The van der Waals surface area contributed by atoms with Gasteiger partial charge >= 0.3 is 0 Å². The van der Waals surface area contributed by atoms with E-state index in [0.717, 1.165) is 19.8 Å². The second-order valence-electron chi connectivity index (χ2n) is 4.49. The highest BCUT2D eigenvalue weighted by molar-refractivity contribution is 4.76. The maximum Gasteiger partial charge on any atom is 0.0620 e. The Kier molecular flexibility index (Phi) is 6.35. The van der Waals surface area contributed by atoms with Crippen LogP contribution in [-0.4, -0.2) is 25.8 Å². The van der Waals surface area contributed by atoms with E-state index >= 15 is 0 Å². The number of nitrogens with one attached hydrogen (secondary N) is 1. The van der Waals surface area contributed by atoms with Crippen molar-refractivity contribution >= 4 is 0 Å². The second-order valence-corrected chi connectivity index (χ2v) is 4.49. The highest BCUT2D eigenvalue weighted by atomic mass is 16.5. The summed E-state index contributed by atoms with van der Waals surface area (Å²) >= 11 is 0. The molecule has 0 amide bonds. The Morgan fingerprint density at radius 3 is 2.31 bits per heavy atom. The summed E-state index contributed by atoms with van der Waals surface area (Å²) in [6, 6.07) is 0.573. The van der Waals surface area contributed by atoms with Gasteiger partial charge in [0.05, 0.1) is 13.2 Å². The number of rotatable bonds is 1. The monoisotopic (exact) mass is 187 g/mol. The predicted molar refractivity (Wildman–Crippen MR) is 58.0 cm³/mol. The van der Waals surface area contributed by atoms with Gasteiger partial charge in [0, 0.05) is 12.6 Å². The van der Waals surface area contributed by atoms with E-state index in [0.29, 0.717) is 11.5 Å². The van der Waals surface area contributed by atoms with E-state index in [-0.39, 0.29) is 0 Å². The Bertz CT molecular complexity index is 112. The van der Waals surface area contributed by atoms with Crippen LogP contribution in [0.4, 0.5) is 0 Å². The Balaban J connectivity index is 0.000000671. The molecule has 1 N–H and O–H groups in total. The zero-order valence-corrected chi connectivity index (χ0v) is 9.81. The van der Waals surface area contributed by atoms with Gasteiger partial charge in [0.1, 0.15) is 0 Å². The summed E-state index contributed by atoms with van der Waals surface area (Å²) in [4.78, 5) is 0. The molecule has 0 aromatic heterocycles. The van der Waals surface area contributed by atoms with Crippen LogP contribution in [0.3, 0.4) is 0 Å². The Morgan fingerprint density at radius 2 is 1.92 bits per heavy atom. The Hall–Kier alpha value is -0.0800. The minimum atomic E-state index is 0.415. The van der Waals surface area contributed by atoms with Crippen LogP contribution < -0.4 is 5.32 Å². The molecule has 2 heteroatoms. The molecule has 1 atom stereocenters. The summed E-state index contributed by atoms with van der Waals surface area (Å²) in [5.41, 5.74) is 0.415. The quantitative estimate of drug-likeness (QED) is 0.681. The topological polar surface area (TPSA) is 21.3 Å². The lowest BCUT2D eigenvalue weighted by Gasteiger charge is -2.29. The van der Waals surface area contributed by atoms with Crippen LogP contribution in [0.2, 0.25) is 0 Å². The minimum Gasteiger partial charge on any atom is -0.379 e. The van der Waals surface area contributed by atoms with Gasteiger partial charge in [-0.15, -0.1) is 0 Å². The summed E-state index contributed by atoms with van der Waals surface area (Å²) in [6.45, 7) is 13.6. The lowest BCUT2D eigenvalue weighted by atomic mass is 9.88. The third-order valence-electron chi connectivity index (χ3n) is 1.86. The van der Waals surface area contributed by atoms with Crippen LogP contribution in [-0.2, 0) is 4.74 Å². The second kappa shape index (κ2) is 6.39. The molecule has 0 saturated carbocycles. The highest BCUT2D eigenvalue weighted by Crippen LogP contribution is 2.21. The highest BCUT2D eigenvalue weighted by Gasteiger charge is 2.20. The lowest BCUT2D eigenvalue weighted by Crippen LogP contribution is -2.43. The van der Waals surface area contributed by atoms with Gasteiger partial charge in [-0.2, -0.15) is 0 Å². The first-order chi connectivity index (χ1) is 6.08. The molecule has 0 spiro atoms. The normalized spacial score (nSPS) is 23.3. The summed E-state index contributed by atoms with van der Waals surface area (Å²) in [6.07, 6.45) is 1.20. The molecule has 1 rings (SSSR count). The molecular weight excluding hydrogens is 162 g/mol. The fourth-order valence-electron chi connectivity index (χ4n) is 1.49. The van der Waals surface area contributed by atoms with Crippen molar-refractivity contribution in [2.24, 2.45) is 5.41 Å². The zero-order valence-electron chi connectivity index (χ0n) is 9.81. The van der Waals surface area contributed by atoms with Crippen LogP contribution >= 0.6 is 0 Å². The minimum absolute atomic E-state index is 0.415. The van der Waals surface area contributed by atoms with E-state index in [1.165, 1.54) is 6.42 Å². The maximum absolute atomic E-state index is 5.37. The number of morpholine rings is 1. The number of ether oxygens (including phenoxy) is 1. The summed E-state index contributed by atoms with van der Waals surface area (Å²) < 4.78 is 5.37. The SMILES string of the molecule is CC.CC(C)(C)CC1COCCN1.